The molecule has 0 heterocycles. The highest BCUT2D eigenvalue weighted by Crippen LogP contribution is 2.31. The van der Waals surface area contributed by atoms with E-state index in [4.69, 9.17) is 0 Å². The topological polar surface area (TPSA) is 0 Å². The van der Waals surface area contributed by atoms with Gasteiger partial charge in [-0.15, -0.1) is 23.5 Å². The van der Waals surface area contributed by atoms with Crippen LogP contribution in [0.5, 0.6) is 0 Å². The molecule has 0 aliphatic heterocycles. The standard InChI is InChI=1S/C13H8F4S2.CH4/c14-8-1-3-10(4-2-8)18-7-19-13-11(16)5-9(15)6-12(13)17;/h1-6H,7H2;1H4. The lowest BCUT2D eigenvalue weighted by atomic mass is 10.3. The van der Waals surface area contributed by atoms with E-state index in [0.717, 1.165) is 16.7 Å². The van der Waals surface area contributed by atoms with Gasteiger partial charge in [0.05, 0.1) is 4.90 Å². The molecule has 0 radical (unpaired) electrons. The minimum absolute atomic E-state index is 0. The van der Waals surface area contributed by atoms with Gasteiger partial charge in [-0.25, -0.2) is 17.6 Å². The maximum atomic E-state index is 13.3. The summed E-state index contributed by atoms with van der Waals surface area (Å²) in [7, 11) is 0. The highest BCUT2D eigenvalue weighted by atomic mass is 32.2. The first kappa shape index (κ1) is 16.9. The second-order valence-electron chi connectivity index (χ2n) is 3.56. The number of hydrogen-bond donors (Lipinski definition) is 0. The molecule has 0 amide bonds. The van der Waals surface area contributed by atoms with E-state index in [1.54, 1.807) is 12.1 Å². The van der Waals surface area contributed by atoms with Crippen molar-refractivity contribution in [3.05, 3.63) is 59.7 Å². The molecule has 0 bridgehead atoms. The Morgan fingerprint density at radius 1 is 0.750 bits per heavy atom. The Kier molecular flexibility index (Phi) is 6.42. The second kappa shape index (κ2) is 7.59. The van der Waals surface area contributed by atoms with Gasteiger partial charge >= 0.3 is 0 Å². The minimum atomic E-state index is -0.939. The molecule has 0 atom stereocenters. The van der Waals surface area contributed by atoms with Crippen LogP contribution in [-0.2, 0) is 0 Å². The summed E-state index contributed by atoms with van der Waals surface area (Å²) in [5, 5.41) is 0.338. The van der Waals surface area contributed by atoms with Crippen LogP contribution in [0.4, 0.5) is 17.6 Å². The predicted molar refractivity (Wildman–Crippen MR) is 76.0 cm³/mol. The van der Waals surface area contributed by atoms with Crippen molar-refractivity contribution in [3.8, 4) is 0 Å². The summed E-state index contributed by atoms with van der Waals surface area (Å²) in [6.45, 7) is 0. The zero-order valence-electron chi connectivity index (χ0n) is 9.50. The molecule has 0 spiro atoms. The molecule has 0 aliphatic carbocycles. The molecule has 0 N–H and O–H groups in total. The van der Waals surface area contributed by atoms with Gasteiger partial charge in [-0.3, -0.25) is 0 Å². The van der Waals surface area contributed by atoms with E-state index >= 15 is 0 Å². The first-order valence-electron chi connectivity index (χ1n) is 5.22. The van der Waals surface area contributed by atoms with E-state index < -0.39 is 17.5 Å². The fraction of sp³-hybridized carbons (Fsp3) is 0.143. The first-order chi connectivity index (χ1) is 9.06. The fourth-order valence-corrected chi connectivity index (χ4v) is 3.33. The minimum Gasteiger partial charge on any atom is -0.207 e. The van der Waals surface area contributed by atoms with Gasteiger partial charge in [-0.05, 0) is 24.3 Å². The molecule has 2 aromatic carbocycles. The average Bonchev–Trinajstić information content (AvgIpc) is 2.34. The zero-order chi connectivity index (χ0) is 13.8. The molecule has 2 rings (SSSR count). The van der Waals surface area contributed by atoms with Gasteiger partial charge in [-0.1, -0.05) is 7.43 Å². The molecule has 2 aromatic rings. The van der Waals surface area contributed by atoms with Crippen LogP contribution >= 0.6 is 23.5 Å². The molecule has 0 unspecified atom stereocenters. The van der Waals surface area contributed by atoms with E-state index in [1.807, 2.05) is 0 Å². The Morgan fingerprint density at radius 2 is 1.30 bits per heavy atom. The van der Waals surface area contributed by atoms with Crippen LogP contribution in [0.25, 0.3) is 0 Å². The lowest BCUT2D eigenvalue weighted by Gasteiger charge is -2.05. The SMILES string of the molecule is C.Fc1ccc(SCSc2c(F)cc(F)cc2F)cc1. The van der Waals surface area contributed by atoms with E-state index in [2.05, 4.69) is 0 Å². The Bertz CT molecular complexity index is 547. The first-order valence-corrected chi connectivity index (χ1v) is 7.19. The van der Waals surface area contributed by atoms with Gasteiger partial charge in [0, 0.05) is 22.1 Å². The lowest BCUT2D eigenvalue weighted by Crippen LogP contribution is -1.90. The van der Waals surface area contributed by atoms with Gasteiger partial charge in [0.15, 0.2) is 0 Å². The van der Waals surface area contributed by atoms with Crippen molar-refractivity contribution in [1.82, 2.24) is 0 Å². The van der Waals surface area contributed by atoms with Crippen LogP contribution in [-0.4, -0.2) is 5.08 Å². The maximum absolute atomic E-state index is 13.3. The van der Waals surface area contributed by atoms with E-state index in [1.165, 1.54) is 23.9 Å². The van der Waals surface area contributed by atoms with Crippen molar-refractivity contribution < 1.29 is 17.6 Å². The van der Waals surface area contributed by atoms with Crippen LogP contribution in [0, 0.1) is 23.3 Å². The molecule has 20 heavy (non-hydrogen) atoms. The predicted octanol–water partition coefficient (Wildman–Crippen LogP) is 5.72. The van der Waals surface area contributed by atoms with Crippen LogP contribution in [0.2, 0.25) is 0 Å². The highest BCUT2D eigenvalue weighted by molar-refractivity contribution is 8.16. The summed E-state index contributed by atoms with van der Waals surface area (Å²) in [4.78, 5) is 0.577. The summed E-state index contributed by atoms with van der Waals surface area (Å²) in [5.74, 6) is -3.11. The van der Waals surface area contributed by atoms with Crippen LogP contribution in [0.15, 0.2) is 46.2 Å². The Morgan fingerprint density at radius 3 is 1.85 bits per heavy atom. The van der Waals surface area contributed by atoms with Gasteiger partial charge in [0.25, 0.3) is 0 Å². The van der Waals surface area contributed by atoms with E-state index in [0.29, 0.717) is 17.2 Å². The number of hydrogen-bond acceptors (Lipinski definition) is 2. The van der Waals surface area contributed by atoms with Crippen molar-refractivity contribution in [2.24, 2.45) is 0 Å². The molecule has 0 aromatic heterocycles. The Labute approximate surface area is 123 Å². The van der Waals surface area contributed by atoms with Gasteiger partial charge < -0.3 is 0 Å². The third kappa shape index (κ3) is 4.45. The molecule has 0 saturated carbocycles. The second-order valence-corrected chi connectivity index (χ2v) is 5.96. The fourth-order valence-electron chi connectivity index (χ4n) is 1.35. The van der Waals surface area contributed by atoms with Gasteiger partial charge in [0.1, 0.15) is 23.3 Å². The monoisotopic (exact) mass is 320 g/mol. The third-order valence-corrected chi connectivity index (χ3v) is 4.43. The molecule has 0 nitrogen and oxygen atoms in total. The molecule has 6 heteroatoms. The Hall–Kier alpha value is -1.14. The number of rotatable bonds is 4. The number of benzene rings is 2. The van der Waals surface area contributed by atoms with E-state index in [9.17, 15) is 17.6 Å². The quantitative estimate of drug-likeness (QED) is 0.401. The van der Waals surface area contributed by atoms with Crippen molar-refractivity contribution in [1.29, 1.82) is 0 Å². The number of halogens is 4. The summed E-state index contributed by atoms with van der Waals surface area (Å²) < 4.78 is 52.0. The summed E-state index contributed by atoms with van der Waals surface area (Å²) in [6.07, 6.45) is 0. The number of thioether (sulfide) groups is 2. The summed E-state index contributed by atoms with van der Waals surface area (Å²) in [6, 6.07) is 7.08. The summed E-state index contributed by atoms with van der Waals surface area (Å²) >= 11 is 2.25. The molecule has 0 aliphatic rings. The summed E-state index contributed by atoms with van der Waals surface area (Å²) in [5.41, 5.74) is 0. The van der Waals surface area contributed by atoms with Crippen LogP contribution in [0.1, 0.15) is 7.43 Å². The third-order valence-electron chi connectivity index (χ3n) is 2.21. The van der Waals surface area contributed by atoms with Gasteiger partial charge in [-0.2, -0.15) is 0 Å². The van der Waals surface area contributed by atoms with Crippen molar-refractivity contribution in [2.75, 3.05) is 5.08 Å². The smallest absolute Gasteiger partial charge is 0.142 e. The van der Waals surface area contributed by atoms with Gasteiger partial charge in [0.2, 0.25) is 0 Å². The van der Waals surface area contributed by atoms with Crippen molar-refractivity contribution in [3.63, 3.8) is 0 Å². The van der Waals surface area contributed by atoms with E-state index in [-0.39, 0.29) is 18.1 Å². The average molecular weight is 320 g/mol. The van der Waals surface area contributed by atoms with Crippen molar-refractivity contribution in [2.45, 2.75) is 17.2 Å². The maximum Gasteiger partial charge on any atom is 0.142 e. The lowest BCUT2D eigenvalue weighted by molar-refractivity contribution is 0.511. The normalized spacial score (nSPS) is 10.2. The largest absolute Gasteiger partial charge is 0.207 e. The zero-order valence-corrected chi connectivity index (χ0v) is 11.1. The molecule has 0 saturated heterocycles. The molecular formula is C14H12F4S2. The molecular weight excluding hydrogens is 308 g/mol. The van der Waals surface area contributed by atoms with Crippen LogP contribution in [0.3, 0.4) is 0 Å². The molecule has 0 fully saturated rings. The van der Waals surface area contributed by atoms with Crippen molar-refractivity contribution >= 4 is 23.5 Å². The molecule has 108 valence electrons. The van der Waals surface area contributed by atoms with Crippen LogP contribution < -0.4 is 0 Å². The highest BCUT2D eigenvalue weighted by Gasteiger charge is 2.11. The Balaban J connectivity index is 0.00000200.